The summed E-state index contributed by atoms with van der Waals surface area (Å²) in [5, 5.41) is 8.14. The van der Waals surface area contributed by atoms with Crippen molar-refractivity contribution in [1.82, 2.24) is 20.0 Å². The van der Waals surface area contributed by atoms with Gasteiger partial charge < -0.3 is 15.0 Å². The topological polar surface area (TPSA) is 76.5 Å². The summed E-state index contributed by atoms with van der Waals surface area (Å²) in [5.74, 6) is -0.217. The molecule has 1 aromatic heterocycles. The average molecular weight is 493 g/mol. The highest BCUT2D eigenvalue weighted by Gasteiger charge is 2.49. The van der Waals surface area contributed by atoms with Crippen molar-refractivity contribution in [2.24, 2.45) is 0 Å². The second-order valence-corrected chi connectivity index (χ2v) is 11.0. The molecule has 2 atom stereocenters. The number of fused-ring (bicyclic) bond motifs is 1. The zero-order chi connectivity index (χ0) is 25.1. The number of nitrogens with one attached hydrogen (secondary N) is 1. The van der Waals surface area contributed by atoms with E-state index >= 15 is 0 Å². The Hall–Kier alpha value is -2.67. The van der Waals surface area contributed by atoms with E-state index in [-0.39, 0.29) is 24.0 Å². The fourth-order valence-corrected chi connectivity index (χ4v) is 5.91. The van der Waals surface area contributed by atoms with Crippen molar-refractivity contribution in [1.29, 1.82) is 0 Å². The predicted octanol–water partition coefficient (Wildman–Crippen LogP) is 4.74. The first-order chi connectivity index (χ1) is 17.5. The number of nitrogens with zero attached hydrogens (tertiary/aromatic N) is 3. The van der Waals surface area contributed by atoms with Crippen LogP contribution >= 0.6 is 0 Å². The van der Waals surface area contributed by atoms with Gasteiger partial charge in [-0.2, -0.15) is 5.10 Å². The average Bonchev–Trinajstić information content (AvgIpc) is 3.53. The highest BCUT2D eigenvalue weighted by Crippen LogP contribution is 2.32. The van der Waals surface area contributed by atoms with Crippen LogP contribution in [0.25, 0.3) is 11.3 Å². The van der Waals surface area contributed by atoms with Crippen LogP contribution in [0.3, 0.4) is 0 Å². The van der Waals surface area contributed by atoms with Crippen LogP contribution in [0.5, 0.6) is 0 Å². The molecule has 1 aromatic carbocycles. The molecule has 5 rings (SSSR count). The van der Waals surface area contributed by atoms with Crippen LogP contribution < -0.4 is 5.32 Å². The number of aromatic nitrogens is 2. The molecule has 2 fully saturated rings. The van der Waals surface area contributed by atoms with Crippen molar-refractivity contribution in [3.05, 3.63) is 41.6 Å². The van der Waals surface area contributed by atoms with Gasteiger partial charge in [-0.3, -0.25) is 14.3 Å². The van der Waals surface area contributed by atoms with Crippen LogP contribution in [0.2, 0.25) is 0 Å². The minimum absolute atomic E-state index is 0.0296. The second-order valence-electron chi connectivity index (χ2n) is 11.0. The molecule has 7 nitrogen and oxygen atoms in total. The van der Waals surface area contributed by atoms with Crippen molar-refractivity contribution in [3.63, 3.8) is 0 Å². The lowest BCUT2D eigenvalue weighted by Gasteiger charge is -2.44. The van der Waals surface area contributed by atoms with Gasteiger partial charge in [0, 0.05) is 24.8 Å². The number of rotatable bonds is 6. The summed E-state index contributed by atoms with van der Waals surface area (Å²) in [6.45, 7) is 5.52. The molecule has 0 bridgehead atoms. The molecule has 3 heterocycles. The standard InChI is InChI=1S/C29H40N4O3/c1-3-21-13-15-22(16-14-21)25-18-26-27(34)32(19-24-12-9-17-36-24)29(2,20-33(26)31-25)28(35)30-23-10-7-5-4-6-8-11-23/h13-16,18,23-24H,3-12,17,19-20H2,1-2H3,(H,30,35)/t24-,29+/m1/s1. The van der Waals surface area contributed by atoms with Crippen LogP contribution in [-0.2, 0) is 22.5 Å². The molecule has 0 unspecified atom stereocenters. The summed E-state index contributed by atoms with van der Waals surface area (Å²) in [5.41, 5.74) is 2.53. The van der Waals surface area contributed by atoms with Gasteiger partial charge in [-0.15, -0.1) is 0 Å². The molecule has 1 saturated heterocycles. The number of carbonyl (C=O) groups is 2. The summed E-state index contributed by atoms with van der Waals surface area (Å²) < 4.78 is 7.64. The molecular formula is C29H40N4O3. The largest absolute Gasteiger partial charge is 0.376 e. The van der Waals surface area contributed by atoms with E-state index in [1.54, 1.807) is 9.58 Å². The van der Waals surface area contributed by atoms with Crippen LogP contribution in [0.1, 0.15) is 87.7 Å². The first kappa shape index (κ1) is 25.0. The molecule has 7 heteroatoms. The fraction of sp³-hybridized carbons (Fsp3) is 0.621. The molecule has 2 aromatic rings. The first-order valence-corrected chi connectivity index (χ1v) is 13.9. The second kappa shape index (κ2) is 10.8. The fourth-order valence-electron chi connectivity index (χ4n) is 5.91. The van der Waals surface area contributed by atoms with Gasteiger partial charge in [0.2, 0.25) is 5.91 Å². The van der Waals surface area contributed by atoms with E-state index in [0.29, 0.717) is 25.4 Å². The molecule has 36 heavy (non-hydrogen) atoms. The quantitative estimate of drug-likeness (QED) is 0.632. The molecule has 0 spiro atoms. The minimum atomic E-state index is -1.02. The molecule has 2 amide bonds. The number of aryl methyl sites for hydroxylation is 1. The summed E-state index contributed by atoms with van der Waals surface area (Å²) in [6.07, 6.45) is 10.9. The van der Waals surface area contributed by atoms with Crippen LogP contribution in [0, 0.1) is 0 Å². The monoisotopic (exact) mass is 492 g/mol. The van der Waals surface area contributed by atoms with E-state index < -0.39 is 5.54 Å². The highest BCUT2D eigenvalue weighted by atomic mass is 16.5. The Bertz CT molecular complexity index is 1060. The van der Waals surface area contributed by atoms with Crippen molar-refractivity contribution >= 4 is 11.8 Å². The summed E-state index contributed by atoms with van der Waals surface area (Å²) in [7, 11) is 0. The van der Waals surface area contributed by atoms with Crippen molar-refractivity contribution in [3.8, 4) is 11.3 Å². The Morgan fingerprint density at radius 2 is 1.81 bits per heavy atom. The van der Waals surface area contributed by atoms with Crippen LogP contribution in [0.4, 0.5) is 0 Å². The predicted molar refractivity (Wildman–Crippen MR) is 140 cm³/mol. The third kappa shape index (κ3) is 5.08. The van der Waals surface area contributed by atoms with E-state index in [2.05, 4.69) is 36.5 Å². The summed E-state index contributed by atoms with van der Waals surface area (Å²) in [4.78, 5) is 29.5. The zero-order valence-electron chi connectivity index (χ0n) is 21.8. The van der Waals surface area contributed by atoms with Gasteiger partial charge in [0.1, 0.15) is 11.2 Å². The number of hydrogen-bond donors (Lipinski definition) is 1. The van der Waals surface area contributed by atoms with Gasteiger partial charge in [-0.05, 0) is 50.7 Å². The van der Waals surface area contributed by atoms with Crippen molar-refractivity contribution in [2.45, 2.75) is 102 Å². The Balaban J connectivity index is 1.43. The van der Waals surface area contributed by atoms with Gasteiger partial charge in [-0.25, -0.2) is 0 Å². The maximum Gasteiger partial charge on any atom is 0.273 e. The Morgan fingerprint density at radius 1 is 1.08 bits per heavy atom. The molecule has 2 aliphatic heterocycles. The van der Waals surface area contributed by atoms with Crippen LogP contribution in [0.15, 0.2) is 30.3 Å². The number of carbonyl (C=O) groups excluding carboxylic acids is 2. The van der Waals surface area contributed by atoms with Gasteiger partial charge >= 0.3 is 0 Å². The maximum atomic E-state index is 13.9. The van der Waals surface area contributed by atoms with Gasteiger partial charge in [-0.1, -0.05) is 63.3 Å². The zero-order valence-corrected chi connectivity index (χ0v) is 21.8. The van der Waals surface area contributed by atoms with Gasteiger partial charge in [0.25, 0.3) is 5.91 Å². The van der Waals surface area contributed by atoms with Crippen molar-refractivity contribution in [2.75, 3.05) is 13.2 Å². The minimum Gasteiger partial charge on any atom is -0.376 e. The molecule has 1 saturated carbocycles. The smallest absolute Gasteiger partial charge is 0.273 e. The lowest BCUT2D eigenvalue weighted by atomic mass is 9.92. The maximum absolute atomic E-state index is 13.9. The third-order valence-corrected chi connectivity index (χ3v) is 8.30. The van der Waals surface area contributed by atoms with Crippen molar-refractivity contribution < 1.29 is 14.3 Å². The number of ether oxygens (including phenoxy) is 1. The number of hydrogen-bond acceptors (Lipinski definition) is 4. The SMILES string of the molecule is CCc1ccc(-c2cc3n(n2)C[C@@](C)(C(=O)NC2CCCCCCC2)N(C[C@H]2CCCO2)C3=O)cc1. The lowest BCUT2D eigenvalue weighted by molar-refractivity contribution is -0.134. The normalized spacial score (nSPS) is 25.3. The molecule has 0 radical (unpaired) electrons. The number of amides is 2. The summed E-state index contributed by atoms with van der Waals surface area (Å²) in [6, 6.07) is 10.4. The first-order valence-electron chi connectivity index (χ1n) is 13.9. The Kier molecular flexibility index (Phi) is 7.47. The van der Waals surface area contributed by atoms with E-state index in [4.69, 9.17) is 9.84 Å². The Morgan fingerprint density at radius 3 is 2.47 bits per heavy atom. The van der Waals surface area contributed by atoms with Crippen LogP contribution in [-0.4, -0.2) is 57.3 Å². The molecule has 1 aliphatic carbocycles. The van der Waals surface area contributed by atoms with E-state index in [0.717, 1.165) is 56.2 Å². The third-order valence-electron chi connectivity index (χ3n) is 8.30. The van der Waals surface area contributed by atoms with E-state index in [1.807, 2.05) is 13.0 Å². The molecule has 194 valence electrons. The van der Waals surface area contributed by atoms with Gasteiger partial charge in [0.15, 0.2) is 0 Å². The van der Waals surface area contributed by atoms with Gasteiger partial charge in [0.05, 0.1) is 18.3 Å². The van der Waals surface area contributed by atoms with E-state index in [1.165, 1.54) is 24.8 Å². The van der Waals surface area contributed by atoms with E-state index in [9.17, 15) is 9.59 Å². The Labute approximate surface area is 214 Å². The molecule has 3 aliphatic rings. The number of benzene rings is 1. The molecule has 1 N–H and O–H groups in total. The summed E-state index contributed by atoms with van der Waals surface area (Å²) >= 11 is 0. The lowest BCUT2D eigenvalue weighted by Crippen LogP contribution is -2.66. The highest BCUT2D eigenvalue weighted by molar-refractivity contribution is 6.00. The molecular weight excluding hydrogens is 452 g/mol.